The predicted molar refractivity (Wildman–Crippen MR) is 98.6 cm³/mol. The molecule has 1 amide bonds. The molecule has 1 aromatic rings. The van der Waals surface area contributed by atoms with Crippen molar-refractivity contribution in [3.8, 4) is 0 Å². The number of nitrogens with two attached hydrogens (primary N) is 1. The first kappa shape index (κ1) is 18.8. The molecule has 0 spiro atoms. The summed E-state index contributed by atoms with van der Waals surface area (Å²) in [6.45, 7) is 9.70. The fourth-order valence-electron chi connectivity index (χ4n) is 2.29. The third-order valence-corrected chi connectivity index (χ3v) is 4.72. The molecule has 7 heteroatoms. The molecule has 0 saturated carbocycles. The highest BCUT2D eigenvalue weighted by atomic mass is 35.5. The van der Waals surface area contributed by atoms with Crippen LogP contribution in [0.4, 0.5) is 5.69 Å². The largest absolute Gasteiger partial charge is 0.492 e. The fourth-order valence-corrected chi connectivity index (χ4v) is 2.47. The Kier molecular flexibility index (Phi) is 5.33. The third kappa shape index (κ3) is 4.12. The molecule has 2 rings (SSSR count). The van der Waals surface area contributed by atoms with Crippen LogP contribution < -0.4 is 11.1 Å². The first-order chi connectivity index (χ1) is 11.0. The second-order valence-electron chi connectivity index (χ2n) is 6.99. The van der Waals surface area contributed by atoms with Gasteiger partial charge in [-0.1, -0.05) is 17.7 Å². The van der Waals surface area contributed by atoms with E-state index in [9.17, 15) is 4.79 Å². The molecule has 0 bridgehead atoms. The maximum atomic E-state index is 11.3. The second-order valence-corrected chi connectivity index (χ2v) is 7.43. The summed E-state index contributed by atoms with van der Waals surface area (Å²) < 4.78 is 12.2. The molecular weight excluding hydrogens is 326 g/mol. The summed E-state index contributed by atoms with van der Waals surface area (Å²) >= 11 is 6.06. The molecule has 1 aliphatic heterocycles. The van der Waals surface area contributed by atoms with Crippen LogP contribution in [0.3, 0.4) is 0 Å². The SMILES string of the molecule is CC(=O)NCC(=Cc1cc(Cl)ccc1N)B1OC(C)(C)C(C)(C)O1. The van der Waals surface area contributed by atoms with E-state index >= 15 is 0 Å². The van der Waals surface area contributed by atoms with E-state index in [1.807, 2.05) is 33.8 Å². The number of amides is 1. The van der Waals surface area contributed by atoms with Gasteiger partial charge < -0.3 is 20.4 Å². The van der Waals surface area contributed by atoms with Gasteiger partial charge in [0.2, 0.25) is 5.91 Å². The lowest BCUT2D eigenvalue weighted by atomic mass is 9.77. The number of hydrogen-bond donors (Lipinski definition) is 2. The molecule has 0 aromatic heterocycles. The monoisotopic (exact) mass is 350 g/mol. The van der Waals surface area contributed by atoms with Crippen LogP contribution in [-0.2, 0) is 14.1 Å². The molecule has 24 heavy (non-hydrogen) atoms. The molecule has 5 nitrogen and oxygen atoms in total. The number of rotatable bonds is 4. The highest BCUT2D eigenvalue weighted by Gasteiger charge is 2.52. The van der Waals surface area contributed by atoms with Crippen molar-refractivity contribution in [2.45, 2.75) is 45.8 Å². The van der Waals surface area contributed by atoms with Crippen molar-refractivity contribution in [3.63, 3.8) is 0 Å². The summed E-state index contributed by atoms with van der Waals surface area (Å²) in [4.78, 5) is 11.3. The van der Waals surface area contributed by atoms with Crippen LogP contribution in [0.5, 0.6) is 0 Å². The van der Waals surface area contributed by atoms with Crippen molar-refractivity contribution >= 4 is 36.4 Å². The maximum Gasteiger partial charge on any atom is 0.492 e. The highest BCUT2D eigenvalue weighted by molar-refractivity contribution is 6.56. The Morgan fingerprint density at radius 2 is 1.88 bits per heavy atom. The number of hydrogen-bond acceptors (Lipinski definition) is 4. The van der Waals surface area contributed by atoms with Gasteiger partial charge in [0.25, 0.3) is 0 Å². The van der Waals surface area contributed by atoms with Crippen molar-refractivity contribution in [2.24, 2.45) is 0 Å². The molecule has 1 aromatic carbocycles. The summed E-state index contributed by atoms with van der Waals surface area (Å²) in [5, 5.41) is 3.38. The van der Waals surface area contributed by atoms with Gasteiger partial charge in [0.05, 0.1) is 11.2 Å². The van der Waals surface area contributed by atoms with Crippen LogP contribution >= 0.6 is 11.6 Å². The number of nitrogen functional groups attached to an aromatic ring is 1. The fraction of sp³-hybridized carbons (Fsp3) is 0.471. The van der Waals surface area contributed by atoms with Crippen molar-refractivity contribution < 1.29 is 14.1 Å². The summed E-state index contributed by atoms with van der Waals surface area (Å²) in [6, 6.07) is 5.25. The zero-order valence-electron chi connectivity index (χ0n) is 14.8. The van der Waals surface area contributed by atoms with E-state index < -0.39 is 18.3 Å². The minimum Gasteiger partial charge on any atom is -0.400 e. The minimum absolute atomic E-state index is 0.128. The first-order valence-electron chi connectivity index (χ1n) is 7.87. The number of carbonyl (C=O) groups is 1. The number of nitrogens with one attached hydrogen (secondary N) is 1. The number of anilines is 1. The van der Waals surface area contributed by atoms with E-state index in [0.717, 1.165) is 11.0 Å². The molecular formula is C17H24BClN2O3. The van der Waals surface area contributed by atoms with Gasteiger partial charge in [-0.25, -0.2) is 0 Å². The van der Waals surface area contributed by atoms with Crippen molar-refractivity contribution in [1.29, 1.82) is 0 Å². The Morgan fingerprint density at radius 1 is 1.29 bits per heavy atom. The van der Waals surface area contributed by atoms with Crippen molar-refractivity contribution in [1.82, 2.24) is 5.32 Å². The molecule has 1 saturated heterocycles. The molecule has 0 radical (unpaired) electrons. The smallest absolute Gasteiger partial charge is 0.400 e. The highest BCUT2D eigenvalue weighted by Crippen LogP contribution is 2.39. The Balaban J connectivity index is 2.37. The molecule has 0 aliphatic carbocycles. The summed E-state index contributed by atoms with van der Waals surface area (Å²) in [7, 11) is -0.569. The average molecular weight is 351 g/mol. The van der Waals surface area contributed by atoms with E-state index in [-0.39, 0.29) is 5.91 Å². The Bertz CT molecular complexity index is 658. The summed E-state index contributed by atoms with van der Waals surface area (Å²) in [5.41, 5.74) is 7.23. The lowest BCUT2D eigenvalue weighted by molar-refractivity contribution is -0.118. The number of halogens is 1. The standard InChI is InChI=1S/C17H24BClN2O3/c1-11(22)21-10-13(8-12-9-14(19)6-7-15(12)20)18-23-16(2,3)17(4,5)24-18/h6-9H,10,20H2,1-5H3,(H,21,22). The van der Waals surface area contributed by atoms with Crippen LogP contribution in [0.15, 0.2) is 23.7 Å². The van der Waals surface area contributed by atoms with Gasteiger partial charge in [-0.05, 0) is 56.9 Å². The second kappa shape index (κ2) is 6.79. The van der Waals surface area contributed by atoms with Crippen LogP contribution in [0.25, 0.3) is 6.08 Å². The average Bonchev–Trinajstić information content (AvgIpc) is 2.66. The van der Waals surface area contributed by atoms with Gasteiger partial charge in [0.1, 0.15) is 0 Å². The van der Waals surface area contributed by atoms with Crippen LogP contribution in [0, 0.1) is 0 Å². The minimum atomic E-state index is -0.569. The zero-order valence-corrected chi connectivity index (χ0v) is 15.5. The molecule has 1 heterocycles. The van der Waals surface area contributed by atoms with Crippen LogP contribution in [0.2, 0.25) is 5.02 Å². The first-order valence-corrected chi connectivity index (χ1v) is 8.25. The third-order valence-electron chi connectivity index (χ3n) is 4.49. The number of carbonyl (C=O) groups excluding carboxylic acids is 1. The van der Waals surface area contributed by atoms with Gasteiger partial charge in [0.15, 0.2) is 0 Å². The molecule has 130 valence electrons. The Hall–Kier alpha value is -1.50. The summed E-state index contributed by atoms with van der Waals surface area (Å²) in [5.74, 6) is -0.128. The lowest BCUT2D eigenvalue weighted by Gasteiger charge is -2.32. The van der Waals surface area contributed by atoms with Gasteiger partial charge in [-0.2, -0.15) is 0 Å². The van der Waals surface area contributed by atoms with Crippen molar-refractivity contribution in [3.05, 3.63) is 34.3 Å². The quantitative estimate of drug-likeness (QED) is 0.646. The molecule has 1 fully saturated rings. The molecule has 0 unspecified atom stereocenters. The molecule has 3 N–H and O–H groups in total. The lowest BCUT2D eigenvalue weighted by Crippen LogP contribution is -2.41. The van der Waals surface area contributed by atoms with E-state index in [1.165, 1.54) is 6.92 Å². The Morgan fingerprint density at radius 3 is 2.42 bits per heavy atom. The van der Waals surface area contributed by atoms with Gasteiger partial charge >= 0.3 is 7.12 Å². The maximum absolute atomic E-state index is 11.3. The van der Waals surface area contributed by atoms with Gasteiger partial charge in [-0.3, -0.25) is 4.79 Å². The molecule has 1 aliphatic rings. The number of benzene rings is 1. The topological polar surface area (TPSA) is 73.6 Å². The van der Waals surface area contributed by atoms with E-state index in [2.05, 4.69) is 5.32 Å². The Labute approximate surface area is 148 Å². The van der Waals surface area contributed by atoms with Gasteiger partial charge in [-0.15, -0.1) is 0 Å². The van der Waals surface area contributed by atoms with E-state index in [0.29, 0.717) is 17.3 Å². The van der Waals surface area contributed by atoms with Crippen LogP contribution in [0.1, 0.15) is 40.2 Å². The van der Waals surface area contributed by atoms with Gasteiger partial charge in [0, 0.05) is 24.2 Å². The van der Waals surface area contributed by atoms with E-state index in [1.54, 1.807) is 18.2 Å². The van der Waals surface area contributed by atoms with Crippen molar-refractivity contribution in [2.75, 3.05) is 12.3 Å². The van der Waals surface area contributed by atoms with E-state index in [4.69, 9.17) is 26.6 Å². The zero-order chi connectivity index (χ0) is 18.1. The molecule has 0 atom stereocenters. The predicted octanol–water partition coefficient (Wildman–Crippen LogP) is 3.07. The van der Waals surface area contributed by atoms with Crippen LogP contribution in [-0.4, -0.2) is 30.8 Å². The summed E-state index contributed by atoms with van der Waals surface area (Å²) in [6.07, 6.45) is 1.86. The normalized spacial score (nSPS) is 19.4.